The fourth-order valence-corrected chi connectivity index (χ4v) is 2.44. The number of aromatic nitrogens is 1. The summed E-state index contributed by atoms with van der Waals surface area (Å²) >= 11 is 0. The van der Waals surface area contributed by atoms with Crippen LogP contribution in [0.5, 0.6) is 0 Å². The third-order valence-corrected chi connectivity index (χ3v) is 3.33. The van der Waals surface area contributed by atoms with Crippen molar-refractivity contribution in [2.75, 3.05) is 6.54 Å². The minimum Gasteiger partial charge on any atom is -0.444 e. The average molecular weight is 290 g/mol. The van der Waals surface area contributed by atoms with E-state index in [2.05, 4.69) is 4.98 Å². The SMILES string of the molecule is CC(C)(C)OC(=O)N1CCC[C@H]1C(=O)Cc1ccccn1. The summed E-state index contributed by atoms with van der Waals surface area (Å²) in [5.74, 6) is 0.0251. The van der Waals surface area contributed by atoms with E-state index in [-0.39, 0.29) is 18.2 Å². The van der Waals surface area contributed by atoms with Crippen LogP contribution in [0.3, 0.4) is 0 Å². The first kappa shape index (κ1) is 15.5. The number of hydrogen-bond acceptors (Lipinski definition) is 4. The maximum atomic E-state index is 12.4. The molecule has 0 radical (unpaired) electrons. The molecule has 0 saturated carbocycles. The molecule has 114 valence electrons. The molecule has 0 aliphatic carbocycles. The fraction of sp³-hybridized carbons (Fsp3) is 0.562. The van der Waals surface area contributed by atoms with E-state index in [9.17, 15) is 9.59 Å². The first-order valence-electron chi connectivity index (χ1n) is 7.29. The lowest BCUT2D eigenvalue weighted by atomic mass is 10.1. The van der Waals surface area contributed by atoms with Crippen molar-refractivity contribution in [3.05, 3.63) is 30.1 Å². The van der Waals surface area contributed by atoms with Crippen LogP contribution in [0, 0.1) is 0 Å². The number of carbonyl (C=O) groups is 2. The number of amides is 1. The van der Waals surface area contributed by atoms with Gasteiger partial charge in [0, 0.05) is 18.4 Å². The molecule has 0 N–H and O–H groups in total. The predicted octanol–water partition coefficient (Wildman–Crippen LogP) is 2.59. The van der Waals surface area contributed by atoms with E-state index in [1.54, 1.807) is 11.1 Å². The standard InChI is InChI=1S/C16H22N2O3/c1-16(2,3)21-15(20)18-10-6-8-13(18)14(19)11-12-7-4-5-9-17-12/h4-5,7,9,13H,6,8,10-11H2,1-3H3/t13-/m0/s1. The van der Waals surface area contributed by atoms with Gasteiger partial charge < -0.3 is 4.74 Å². The van der Waals surface area contributed by atoms with Crippen molar-refractivity contribution in [3.63, 3.8) is 0 Å². The Morgan fingerprint density at radius 3 is 2.76 bits per heavy atom. The van der Waals surface area contributed by atoms with Crippen molar-refractivity contribution in [2.24, 2.45) is 0 Å². The lowest BCUT2D eigenvalue weighted by molar-refractivity contribution is -0.122. The lowest BCUT2D eigenvalue weighted by Gasteiger charge is -2.27. The maximum absolute atomic E-state index is 12.4. The van der Waals surface area contributed by atoms with E-state index in [4.69, 9.17) is 4.74 Å². The van der Waals surface area contributed by atoms with Crippen LogP contribution in [0.1, 0.15) is 39.3 Å². The second kappa shape index (κ2) is 6.24. The summed E-state index contributed by atoms with van der Waals surface area (Å²) in [5.41, 5.74) is 0.187. The number of carbonyl (C=O) groups excluding carboxylic acids is 2. The minimum atomic E-state index is -0.547. The van der Waals surface area contributed by atoms with E-state index >= 15 is 0 Å². The first-order chi connectivity index (χ1) is 9.87. The molecular formula is C16H22N2O3. The molecule has 5 nitrogen and oxygen atoms in total. The summed E-state index contributed by atoms with van der Waals surface area (Å²) in [7, 11) is 0. The Kier molecular flexibility index (Phi) is 4.60. The van der Waals surface area contributed by atoms with Gasteiger partial charge in [0.05, 0.1) is 12.5 Å². The second-order valence-electron chi connectivity index (χ2n) is 6.30. The van der Waals surface area contributed by atoms with Gasteiger partial charge in [-0.3, -0.25) is 14.7 Å². The molecule has 0 unspecified atom stereocenters. The summed E-state index contributed by atoms with van der Waals surface area (Å²) in [6.07, 6.45) is 3.05. The van der Waals surface area contributed by atoms with E-state index in [0.29, 0.717) is 13.0 Å². The summed E-state index contributed by atoms with van der Waals surface area (Å²) in [5, 5.41) is 0. The van der Waals surface area contributed by atoms with E-state index in [1.807, 2.05) is 39.0 Å². The highest BCUT2D eigenvalue weighted by Gasteiger charge is 2.36. The molecule has 1 aromatic heterocycles. The van der Waals surface area contributed by atoms with Crippen LogP contribution in [-0.2, 0) is 16.0 Å². The third-order valence-electron chi connectivity index (χ3n) is 3.33. The summed E-state index contributed by atoms with van der Waals surface area (Å²) in [6.45, 7) is 6.05. The Morgan fingerprint density at radius 2 is 2.14 bits per heavy atom. The van der Waals surface area contributed by atoms with Gasteiger partial charge in [-0.25, -0.2) is 4.79 Å². The normalized spacial score (nSPS) is 18.6. The highest BCUT2D eigenvalue weighted by atomic mass is 16.6. The minimum absolute atomic E-state index is 0.0251. The molecule has 2 heterocycles. The van der Waals surface area contributed by atoms with Crippen molar-refractivity contribution in [1.29, 1.82) is 0 Å². The molecular weight excluding hydrogens is 268 g/mol. The predicted molar refractivity (Wildman–Crippen MR) is 78.9 cm³/mol. The Balaban J connectivity index is 2.01. The van der Waals surface area contributed by atoms with Crippen LogP contribution in [0.2, 0.25) is 0 Å². The number of likely N-dealkylation sites (tertiary alicyclic amines) is 1. The van der Waals surface area contributed by atoms with Gasteiger partial charge in [0.25, 0.3) is 0 Å². The molecule has 0 spiro atoms. The van der Waals surface area contributed by atoms with Gasteiger partial charge in [0.2, 0.25) is 0 Å². The van der Waals surface area contributed by atoms with Gasteiger partial charge in [-0.15, -0.1) is 0 Å². The van der Waals surface area contributed by atoms with E-state index < -0.39 is 11.7 Å². The summed E-state index contributed by atoms with van der Waals surface area (Å²) in [4.78, 5) is 30.3. The van der Waals surface area contributed by atoms with Crippen LogP contribution in [0.25, 0.3) is 0 Å². The molecule has 1 saturated heterocycles. The monoisotopic (exact) mass is 290 g/mol. The molecule has 0 aromatic carbocycles. The first-order valence-corrected chi connectivity index (χ1v) is 7.29. The number of ether oxygens (including phenoxy) is 1. The molecule has 1 atom stereocenters. The zero-order valence-corrected chi connectivity index (χ0v) is 12.8. The third kappa shape index (κ3) is 4.28. The Hall–Kier alpha value is -1.91. The fourth-order valence-electron chi connectivity index (χ4n) is 2.44. The number of pyridine rings is 1. The molecule has 21 heavy (non-hydrogen) atoms. The lowest BCUT2D eigenvalue weighted by Crippen LogP contribution is -2.43. The highest BCUT2D eigenvalue weighted by Crippen LogP contribution is 2.22. The topological polar surface area (TPSA) is 59.5 Å². The van der Waals surface area contributed by atoms with Crippen LogP contribution in [-0.4, -0.2) is 39.9 Å². The van der Waals surface area contributed by atoms with Gasteiger partial charge >= 0.3 is 6.09 Å². The van der Waals surface area contributed by atoms with Crippen molar-refractivity contribution in [2.45, 2.75) is 51.7 Å². The smallest absolute Gasteiger partial charge is 0.410 e. The zero-order valence-electron chi connectivity index (χ0n) is 12.8. The molecule has 1 amide bonds. The van der Waals surface area contributed by atoms with Crippen molar-refractivity contribution in [3.8, 4) is 0 Å². The van der Waals surface area contributed by atoms with Crippen LogP contribution in [0.4, 0.5) is 4.79 Å². The Labute approximate surface area is 125 Å². The second-order valence-corrected chi connectivity index (χ2v) is 6.30. The molecule has 1 aliphatic rings. The van der Waals surface area contributed by atoms with Crippen molar-refractivity contribution < 1.29 is 14.3 Å². The van der Waals surface area contributed by atoms with E-state index in [0.717, 1.165) is 12.1 Å². The van der Waals surface area contributed by atoms with Gasteiger partial charge in [0.1, 0.15) is 5.60 Å². The number of rotatable bonds is 3. The summed E-state index contributed by atoms with van der Waals surface area (Å²) < 4.78 is 5.37. The van der Waals surface area contributed by atoms with Crippen LogP contribution in [0.15, 0.2) is 24.4 Å². The molecule has 0 bridgehead atoms. The Morgan fingerprint density at radius 1 is 1.38 bits per heavy atom. The molecule has 1 aliphatic heterocycles. The van der Waals surface area contributed by atoms with Crippen LogP contribution >= 0.6 is 0 Å². The maximum Gasteiger partial charge on any atom is 0.410 e. The number of ketones is 1. The molecule has 2 rings (SSSR count). The molecule has 5 heteroatoms. The number of hydrogen-bond donors (Lipinski definition) is 0. The summed E-state index contributed by atoms with van der Waals surface area (Å²) in [6, 6.07) is 5.11. The molecule has 1 fully saturated rings. The number of Topliss-reactive ketones (excluding diaryl/α,β-unsaturated/α-hetero) is 1. The van der Waals surface area contributed by atoms with Gasteiger partial charge in [-0.2, -0.15) is 0 Å². The quantitative estimate of drug-likeness (QED) is 0.858. The van der Waals surface area contributed by atoms with Crippen LogP contribution < -0.4 is 0 Å². The highest BCUT2D eigenvalue weighted by molar-refractivity contribution is 5.89. The van der Waals surface area contributed by atoms with Gasteiger partial charge in [-0.1, -0.05) is 6.07 Å². The van der Waals surface area contributed by atoms with Crippen molar-refractivity contribution >= 4 is 11.9 Å². The van der Waals surface area contributed by atoms with E-state index in [1.165, 1.54) is 0 Å². The van der Waals surface area contributed by atoms with Gasteiger partial charge in [0.15, 0.2) is 5.78 Å². The molecule has 1 aromatic rings. The average Bonchev–Trinajstić information content (AvgIpc) is 2.87. The zero-order chi connectivity index (χ0) is 15.5. The number of nitrogens with zero attached hydrogens (tertiary/aromatic N) is 2. The van der Waals surface area contributed by atoms with Gasteiger partial charge in [-0.05, 0) is 45.7 Å². The Bertz CT molecular complexity index is 508. The largest absolute Gasteiger partial charge is 0.444 e. The van der Waals surface area contributed by atoms with Crippen molar-refractivity contribution in [1.82, 2.24) is 9.88 Å².